The molecule has 0 spiro atoms. The minimum atomic E-state index is -4.51. The lowest BCUT2D eigenvalue weighted by molar-refractivity contribution is -0.141. The van der Waals surface area contributed by atoms with Gasteiger partial charge in [0.25, 0.3) is 0 Å². The van der Waals surface area contributed by atoms with Crippen LogP contribution in [0.2, 0.25) is 0 Å². The summed E-state index contributed by atoms with van der Waals surface area (Å²) in [5.74, 6) is 0.508. The number of nitrogens with zero attached hydrogens (tertiary/aromatic N) is 3. The molecule has 0 radical (unpaired) electrons. The molecule has 25 heavy (non-hydrogen) atoms. The fraction of sp³-hybridized carbons (Fsp3) is 0.588. The highest BCUT2D eigenvalue weighted by molar-refractivity contribution is 5.91. The van der Waals surface area contributed by atoms with Crippen LogP contribution in [0.25, 0.3) is 11.2 Å². The number of aromatic nitrogens is 3. The number of carbonyl (C=O) groups excluding carboxylic acids is 1. The van der Waals surface area contributed by atoms with Crippen LogP contribution in [-0.4, -0.2) is 20.4 Å². The number of alkyl halides is 3. The SMILES string of the molecule is CC(C)CCC(=O)Nc1nc2ccc(C(F)(F)F)nc2n1C1CCC1. The van der Waals surface area contributed by atoms with Gasteiger partial charge in [0.05, 0.1) is 0 Å². The van der Waals surface area contributed by atoms with E-state index in [9.17, 15) is 18.0 Å². The Kier molecular flexibility index (Phi) is 4.71. The van der Waals surface area contributed by atoms with Gasteiger partial charge in [0, 0.05) is 12.5 Å². The fourth-order valence-electron chi connectivity index (χ4n) is 2.82. The van der Waals surface area contributed by atoms with E-state index in [0.29, 0.717) is 23.8 Å². The van der Waals surface area contributed by atoms with Gasteiger partial charge in [-0.15, -0.1) is 0 Å². The van der Waals surface area contributed by atoms with Crippen molar-refractivity contribution in [2.45, 2.75) is 58.2 Å². The zero-order chi connectivity index (χ0) is 18.2. The first-order chi connectivity index (χ1) is 11.8. The highest BCUT2D eigenvalue weighted by atomic mass is 19.4. The summed E-state index contributed by atoms with van der Waals surface area (Å²) in [7, 11) is 0. The van der Waals surface area contributed by atoms with Crippen molar-refractivity contribution in [1.29, 1.82) is 0 Å². The first-order valence-electron chi connectivity index (χ1n) is 8.51. The predicted molar refractivity (Wildman–Crippen MR) is 88.1 cm³/mol. The van der Waals surface area contributed by atoms with E-state index in [4.69, 9.17) is 0 Å². The van der Waals surface area contributed by atoms with Crippen molar-refractivity contribution in [3.63, 3.8) is 0 Å². The number of amides is 1. The second-order valence-corrected chi connectivity index (χ2v) is 6.91. The molecule has 3 rings (SSSR count). The van der Waals surface area contributed by atoms with E-state index < -0.39 is 11.9 Å². The molecule has 1 fully saturated rings. The van der Waals surface area contributed by atoms with Crippen LogP contribution in [0.4, 0.5) is 19.1 Å². The van der Waals surface area contributed by atoms with Crippen LogP contribution in [0.1, 0.15) is 57.7 Å². The largest absolute Gasteiger partial charge is 0.433 e. The molecule has 0 atom stereocenters. The van der Waals surface area contributed by atoms with Gasteiger partial charge in [-0.3, -0.25) is 14.7 Å². The molecule has 5 nitrogen and oxygen atoms in total. The number of imidazole rings is 1. The summed E-state index contributed by atoms with van der Waals surface area (Å²) >= 11 is 0. The number of carbonyl (C=O) groups is 1. The van der Waals surface area contributed by atoms with Crippen LogP contribution in [0, 0.1) is 5.92 Å². The summed E-state index contributed by atoms with van der Waals surface area (Å²) in [6.45, 7) is 4.05. The first-order valence-corrected chi connectivity index (χ1v) is 8.51. The van der Waals surface area contributed by atoms with Crippen molar-refractivity contribution < 1.29 is 18.0 Å². The number of hydrogen-bond donors (Lipinski definition) is 1. The molecule has 1 N–H and O–H groups in total. The Morgan fingerprint density at radius 1 is 1.32 bits per heavy atom. The summed E-state index contributed by atoms with van der Waals surface area (Å²) in [5, 5.41) is 2.75. The lowest BCUT2D eigenvalue weighted by Crippen LogP contribution is -2.22. The highest BCUT2D eigenvalue weighted by Crippen LogP contribution is 2.37. The Morgan fingerprint density at radius 2 is 2.04 bits per heavy atom. The van der Waals surface area contributed by atoms with Crippen molar-refractivity contribution in [2.24, 2.45) is 5.92 Å². The van der Waals surface area contributed by atoms with Crippen LogP contribution in [0.5, 0.6) is 0 Å². The fourth-order valence-corrected chi connectivity index (χ4v) is 2.82. The number of pyridine rings is 1. The molecule has 1 aliphatic rings. The second kappa shape index (κ2) is 6.65. The number of hydrogen-bond acceptors (Lipinski definition) is 3. The standard InChI is InChI=1S/C17H21F3N4O/c1-10(2)6-9-14(25)23-16-21-12-7-8-13(17(18,19)20)22-15(12)24(16)11-4-3-5-11/h7-8,10-11H,3-6,9H2,1-2H3,(H,21,23,25). The molecule has 0 saturated heterocycles. The first kappa shape index (κ1) is 17.7. The summed E-state index contributed by atoms with van der Waals surface area (Å²) in [5.41, 5.74) is -0.407. The number of fused-ring (bicyclic) bond motifs is 1. The van der Waals surface area contributed by atoms with Gasteiger partial charge in [-0.05, 0) is 43.7 Å². The van der Waals surface area contributed by atoms with Gasteiger partial charge in [-0.25, -0.2) is 9.97 Å². The number of nitrogens with one attached hydrogen (secondary N) is 1. The Balaban J connectivity index is 1.95. The van der Waals surface area contributed by atoms with Crippen LogP contribution in [0.3, 0.4) is 0 Å². The summed E-state index contributed by atoms with van der Waals surface area (Å²) in [6.07, 6.45) is -0.719. The molecule has 1 amide bonds. The van der Waals surface area contributed by atoms with E-state index in [2.05, 4.69) is 15.3 Å². The Bertz CT molecular complexity index is 778. The molecule has 1 aliphatic carbocycles. The average Bonchev–Trinajstić information content (AvgIpc) is 2.80. The van der Waals surface area contributed by atoms with E-state index >= 15 is 0 Å². The van der Waals surface area contributed by atoms with E-state index in [1.165, 1.54) is 6.07 Å². The van der Waals surface area contributed by atoms with Crippen molar-refractivity contribution in [3.8, 4) is 0 Å². The molecule has 2 heterocycles. The van der Waals surface area contributed by atoms with Crippen molar-refractivity contribution >= 4 is 23.0 Å². The Labute approximate surface area is 143 Å². The van der Waals surface area contributed by atoms with E-state index in [1.807, 2.05) is 13.8 Å². The summed E-state index contributed by atoms with van der Waals surface area (Å²) < 4.78 is 40.6. The molecule has 2 aromatic rings. The zero-order valence-corrected chi connectivity index (χ0v) is 14.2. The van der Waals surface area contributed by atoms with Gasteiger partial charge >= 0.3 is 6.18 Å². The van der Waals surface area contributed by atoms with Gasteiger partial charge in [0.1, 0.15) is 11.2 Å². The molecule has 0 bridgehead atoms. The normalized spacial score (nSPS) is 15.6. The smallest absolute Gasteiger partial charge is 0.296 e. The van der Waals surface area contributed by atoms with E-state index in [0.717, 1.165) is 31.7 Å². The summed E-state index contributed by atoms with van der Waals surface area (Å²) in [4.78, 5) is 20.2. The number of rotatable bonds is 5. The molecule has 8 heteroatoms. The van der Waals surface area contributed by atoms with Gasteiger partial charge in [-0.1, -0.05) is 13.8 Å². The van der Waals surface area contributed by atoms with E-state index in [-0.39, 0.29) is 17.6 Å². The maximum Gasteiger partial charge on any atom is 0.433 e. The molecule has 0 aromatic carbocycles. The van der Waals surface area contributed by atoms with E-state index in [1.54, 1.807) is 4.57 Å². The molecule has 0 unspecified atom stereocenters. The van der Waals surface area contributed by atoms with Gasteiger partial charge in [-0.2, -0.15) is 13.2 Å². The number of anilines is 1. The third kappa shape index (κ3) is 3.77. The maximum absolute atomic E-state index is 13.0. The summed E-state index contributed by atoms with van der Waals surface area (Å²) in [6, 6.07) is 2.26. The second-order valence-electron chi connectivity index (χ2n) is 6.91. The van der Waals surface area contributed by atoms with Crippen LogP contribution in [0.15, 0.2) is 12.1 Å². The maximum atomic E-state index is 13.0. The van der Waals surface area contributed by atoms with Crippen molar-refractivity contribution in [2.75, 3.05) is 5.32 Å². The molecule has 136 valence electrons. The zero-order valence-electron chi connectivity index (χ0n) is 14.2. The quantitative estimate of drug-likeness (QED) is 0.857. The monoisotopic (exact) mass is 354 g/mol. The average molecular weight is 354 g/mol. The predicted octanol–water partition coefficient (Wildman–Crippen LogP) is 4.55. The molecule has 2 aromatic heterocycles. The van der Waals surface area contributed by atoms with Gasteiger partial charge in [0.15, 0.2) is 5.65 Å². The van der Waals surface area contributed by atoms with Gasteiger partial charge in [0.2, 0.25) is 11.9 Å². The van der Waals surface area contributed by atoms with Crippen LogP contribution >= 0.6 is 0 Å². The molecular weight excluding hydrogens is 333 g/mol. The molecule has 0 aliphatic heterocycles. The number of halogens is 3. The van der Waals surface area contributed by atoms with Crippen LogP contribution in [-0.2, 0) is 11.0 Å². The lowest BCUT2D eigenvalue weighted by atomic mass is 9.93. The van der Waals surface area contributed by atoms with Crippen molar-refractivity contribution in [1.82, 2.24) is 14.5 Å². The minimum absolute atomic E-state index is 0.0291. The van der Waals surface area contributed by atoms with Crippen molar-refractivity contribution in [3.05, 3.63) is 17.8 Å². The van der Waals surface area contributed by atoms with Gasteiger partial charge < -0.3 is 0 Å². The minimum Gasteiger partial charge on any atom is -0.296 e. The highest BCUT2D eigenvalue weighted by Gasteiger charge is 2.34. The Morgan fingerprint density at radius 3 is 2.60 bits per heavy atom. The van der Waals surface area contributed by atoms with Crippen LogP contribution < -0.4 is 5.32 Å². The Hall–Kier alpha value is -2.12. The third-order valence-electron chi connectivity index (χ3n) is 4.47. The lowest BCUT2D eigenvalue weighted by Gasteiger charge is -2.28. The topological polar surface area (TPSA) is 59.8 Å². The molecule has 1 saturated carbocycles. The third-order valence-corrected chi connectivity index (χ3v) is 4.47. The molecular formula is C17H21F3N4O.